The molecule has 0 spiro atoms. The molecule has 5 nitrogen and oxygen atoms in total. The highest BCUT2D eigenvalue weighted by molar-refractivity contribution is 8.00. The Balaban J connectivity index is 2.50. The van der Waals surface area contributed by atoms with Crippen molar-refractivity contribution in [2.45, 2.75) is 30.5 Å². The topological polar surface area (TPSA) is 84.2 Å². The van der Waals surface area contributed by atoms with Gasteiger partial charge in [0.05, 0.1) is 5.25 Å². The lowest BCUT2D eigenvalue weighted by atomic mass is 10.2. The molecule has 0 saturated carbocycles. The van der Waals surface area contributed by atoms with Crippen molar-refractivity contribution in [2.24, 2.45) is 5.73 Å². The lowest BCUT2D eigenvalue weighted by Gasteiger charge is -2.11. The van der Waals surface area contributed by atoms with Crippen molar-refractivity contribution in [3.05, 3.63) is 29.8 Å². The Morgan fingerprint density at radius 3 is 2.47 bits per heavy atom. The second-order valence-corrected chi connectivity index (χ2v) is 5.37. The molecule has 0 radical (unpaired) electrons. The largest absolute Gasteiger partial charge is 0.338 e. The maximum atomic E-state index is 11.7. The molecule has 0 saturated heterocycles. The molecule has 0 bridgehead atoms. The van der Waals surface area contributed by atoms with Crippen molar-refractivity contribution >= 4 is 23.7 Å². The highest BCUT2D eigenvalue weighted by atomic mass is 32.2. The zero-order chi connectivity index (χ0) is 14.3. The zero-order valence-electron chi connectivity index (χ0n) is 11.1. The summed E-state index contributed by atoms with van der Waals surface area (Å²) in [4.78, 5) is 23.9. The standard InChI is InChI=1S/C13H19N3O2S/c1-3-15-13(18)16-12(17)9(2)19-11-6-4-10(8-14)5-7-11/h4-7,9H,3,8,14H2,1-2H3,(H2,15,16,17,18). The van der Waals surface area contributed by atoms with E-state index in [0.717, 1.165) is 10.5 Å². The molecular weight excluding hydrogens is 262 g/mol. The number of urea groups is 1. The first-order valence-corrected chi connectivity index (χ1v) is 6.99. The van der Waals surface area contributed by atoms with E-state index in [0.29, 0.717) is 13.1 Å². The Labute approximate surface area is 117 Å². The molecular formula is C13H19N3O2S. The minimum atomic E-state index is -0.460. The van der Waals surface area contributed by atoms with Crippen molar-refractivity contribution in [3.8, 4) is 0 Å². The first-order chi connectivity index (χ1) is 9.06. The summed E-state index contributed by atoms with van der Waals surface area (Å²) in [5.41, 5.74) is 6.56. The first kappa shape index (κ1) is 15.5. The number of thioether (sulfide) groups is 1. The van der Waals surface area contributed by atoms with Crippen LogP contribution in [0.4, 0.5) is 4.79 Å². The maximum Gasteiger partial charge on any atom is 0.321 e. The van der Waals surface area contributed by atoms with E-state index in [1.807, 2.05) is 24.3 Å². The van der Waals surface area contributed by atoms with Crippen molar-refractivity contribution in [1.82, 2.24) is 10.6 Å². The van der Waals surface area contributed by atoms with E-state index in [1.165, 1.54) is 11.8 Å². The van der Waals surface area contributed by atoms with Crippen LogP contribution in [0.2, 0.25) is 0 Å². The van der Waals surface area contributed by atoms with Gasteiger partial charge in [-0.3, -0.25) is 10.1 Å². The molecule has 0 heterocycles. The third kappa shape index (κ3) is 5.32. The number of carbonyl (C=O) groups is 2. The van der Waals surface area contributed by atoms with Crippen molar-refractivity contribution in [1.29, 1.82) is 0 Å². The molecule has 3 amide bonds. The van der Waals surface area contributed by atoms with Crippen LogP contribution in [0.3, 0.4) is 0 Å². The molecule has 4 N–H and O–H groups in total. The maximum absolute atomic E-state index is 11.7. The fourth-order valence-corrected chi connectivity index (χ4v) is 2.25. The van der Waals surface area contributed by atoms with E-state index in [4.69, 9.17) is 5.73 Å². The summed E-state index contributed by atoms with van der Waals surface area (Å²) in [5, 5.41) is 4.47. The summed E-state index contributed by atoms with van der Waals surface area (Å²) >= 11 is 1.40. The normalized spacial score (nSPS) is 11.7. The minimum absolute atomic E-state index is 0.307. The van der Waals surface area contributed by atoms with E-state index in [2.05, 4.69) is 10.6 Å². The predicted octanol–water partition coefficient (Wildman–Crippen LogP) is 1.47. The number of nitrogens with two attached hydrogens (primary N) is 1. The summed E-state index contributed by atoms with van der Waals surface area (Å²) in [6, 6.07) is 7.23. The van der Waals surface area contributed by atoms with E-state index < -0.39 is 6.03 Å². The summed E-state index contributed by atoms with van der Waals surface area (Å²) < 4.78 is 0. The molecule has 0 fully saturated rings. The lowest BCUT2D eigenvalue weighted by molar-refractivity contribution is -0.119. The molecule has 104 valence electrons. The van der Waals surface area contributed by atoms with E-state index in [1.54, 1.807) is 13.8 Å². The first-order valence-electron chi connectivity index (χ1n) is 6.11. The predicted molar refractivity (Wildman–Crippen MR) is 76.9 cm³/mol. The van der Waals surface area contributed by atoms with Crippen molar-refractivity contribution in [3.63, 3.8) is 0 Å². The second kappa shape index (κ2) is 7.81. The van der Waals surface area contributed by atoms with Gasteiger partial charge in [-0.2, -0.15) is 0 Å². The van der Waals surface area contributed by atoms with Crippen LogP contribution >= 0.6 is 11.8 Å². The van der Waals surface area contributed by atoms with Crippen LogP contribution in [0.1, 0.15) is 19.4 Å². The van der Waals surface area contributed by atoms with Gasteiger partial charge in [-0.25, -0.2) is 4.79 Å². The van der Waals surface area contributed by atoms with Gasteiger partial charge >= 0.3 is 6.03 Å². The molecule has 1 aromatic rings. The average Bonchev–Trinajstić information content (AvgIpc) is 2.39. The molecule has 6 heteroatoms. The molecule has 1 atom stereocenters. The van der Waals surface area contributed by atoms with Gasteiger partial charge in [0.15, 0.2) is 0 Å². The van der Waals surface area contributed by atoms with Gasteiger partial charge < -0.3 is 11.1 Å². The molecule has 1 rings (SSSR count). The van der Waals surface area contributed by atoms with Crippen molar-refractivity contribution < 1.29 is 9.59 Å². The van der Waals surface area contributed by atoms with Gasteiger partial charge in [0.2, 0.25) is 5.91 Å². The van der Waals surface area contributed by atoms with Gasteiger partial charge in [-0.1, -0.05) is 12.1 Å². The van der Waals surface area contributed by atoms with Crippen LogP contribution < -0.4 is 16.4 Å². The molecule has 19 heavy (non-hydrogen) atoms. The van der Waals surface area contributed by atoms with Crippen LogP contribution in [0.5, 0.6) is 0 Å². The number of benzene rings is 1. The van der Waals surface area contributed by atoms with E-state index in [9.17, 15) is 9.59 Å². The third-order valence-electron chi connectivity index (χ3n) is 2.42. The third-order valence-corrected chi connectivity index (χ3v) is 3.53. The van der Waals surface area contributed by atoms with Gasteiger partial charge in [0.25, 0.3) is 0 Å². The number of hydrogen-bond donors (Lipinski definition) is 3. The second-order valence-electron chi connectivity index (χ2n) is 3.96. The fraction of sp³-hybridized carbons (Fsp3) is 0.385. The Bertz CT molecular complexity index is 434. The SMILES string of the molecule is CCNC(=O)NC(=O)C(C)Sc1ccc(CN)cc1. The van der Waals surface area contributed by atoms with Gasteiger partial charge in [0, 0.05) is 18.0 Å². The highest BCUT2D eigenvalue weighted by Gasteiger charge is 2.16. The van der Waals surface area contributed by atoms with Crippen molar-refractivity contribution in [2.75, 3.05) is 6.54 Å². The van der Waals surface area contributed by atoms with Crippen LogP contribution in [0, 0.1) is 0 Å². The lowest BCUT2D eigenvalue weighted by Crippen LogP contribution is -2.42. The average molecular weight is 281 g/mol. The summed E-state index contributed by atoms with van der Waals surface area (Å²) in [6.07, 6.45) is 0. The van der Waals surface area contributed by atoms with Gasteiger partial charge in [-0.05, 0) is 31.5 Å². The molecule has 0 aliphatic heterocycles. The number of nitrogens with one attached hydrogen (secondary N) is 2. The quantitative estimate of drug-likeness (QED) is 0.714. The van der Waals surface area contributed by atoms with Crippen LogP contribution in [0.25, 0.3) is 0 Å². The zero-order valence-corrected chi connectivity index (χ0v) is 11.9. The summed E-state index contributed by atoms with van der Waals surface area (Å²) in [7, 11) is 0. The molecule has 1 unspecified atom stereocenters. The van der Waals surface area contributed by atoms with E-state index in [-0.39, 0.29) is 11.2 Å². The van der Waals surface area contributed by atoms with E-state index >= 15 is 0 Å². The summed E-state index contributed by atoms with van der Waals surface area (Å²) in [5.74, 6) is -0.307. The number of amides is 3. The molecule has 0 aliphatic rings. The van der Waals surface area contributed by atoms with Crippen LogP contribution in [0.15, 0.2) is 29.2 Å². The number of rotatable bonds is 5. The Morgan fingerprint density at radius 2 is 1.95 bits per heavy atom. The number of carbonyl (C=O) groups excluding carboxylic acids is 2. The molecule has 0 aliphatic carbocycles. The summed E-state index contributed by atoms with van der Waals surface area (Å²) in [6.45, 7) is 4.54. The van der Waals surface area contributed by atoms with Gasteiger partial charge in [-0.15, -0.1) is 11.8 Å². The number of hydrogen-bond acceptors (Lipinski definition) is 4. The molecule has 1 aromatic carbocycles. The number of imide groups is 1. The Hall–Kier alpha value is -1.53. The highest BCUT2D eigenvalue weighted by Crippen LogP contribution is 2.23. The van der Waals surface area contributed by atoms with Gasteiger partial charge in [0.1, 0.15) is 0 Å². The monoisotopic (exact) mass is 281 g/mol. The van der Waals surface area contributed by atoms with Crippen LogP contribution in [-0.4, -0.2) is 23.7 Å². The molecule has 0 aromatic heterocycles. The fourth-order valence-electron chi connectivity index (χ4n) is 1.38. The van der Waals surface area contributed by atoms with Crippen LogP contribution in [-0.2, 0) is 11.3 Å². The Morgan fingerprint density at radius 1 is 1.32 bits per heavy atom. The minimum Gasteiger partial charge on any atom is -0.338 e. The Kier molecular flexibility index (Phi) is 6.38. The smallest absolute Gasteiger partial charge is 0.321 e.